The number of carbonyl (C=O) groups excluding carboxylic acids is 1. The van der Waals surface area contributed by atoms with Crippen LogP contribution in [0, 0.1) is 0 Å². The SMILES string of the molecule is C[C@@H]1CN(CC(=O)OC2CN2)C[C@H](C)N1Cc1ccc(OC(F)(F)F)cc1. The highest BCUT2D eigenvalue weighted by atomic mass is 19.4. The molecule has 9 heteroatoms. The lowest BCUT2D eigenvalue weighted by molar-refractivity contribution is -0.274. The molecule has 0 bridgehead atoms. The van der Waals surface area contributed by atoms with Crippen molar-refractivity contribution < 1.29 is 27.4 Å². The van der Waals surface area contributed by atoms with E-state index < -0.39 is 6.36 Å². The van der Waals surface area contributed by atoms with E-state index >= 15 is 0 Å². The molecule has 2 heterocycles. The summed E-state index contributed by atoms with van der Waals surface area (Å²) in [5, 5.41) is 2.93. The molecule has 1 N–H and O–H groups in total. The van der Waals surface area contributed by atoms with Gasteiger partial charge in [0.1, 0.15) is 5.75 Å². The molecule has 0 aromatic heterocycles. The van der Waals surface area contributed by atoms with Crippen molar-refractivity contribution in [1.82, 2.24) is 15.1 Å². The quantitative estimate of drug-likeness (QED) is 0.595. The number of carbonyl (C=O) groups is 1. The summed E-state index contributed by atoms with van der Waals surface area (Å²) in [5.74, 6) is -0.445. The summed E-state index contributed by atoms with van der Waals surface area (Å²) in [6.45, 7) is 7.23. The Labute approximate surface area is 156 Å². The van der Waals surface area contributed by atoms with Gasteiger partial charge in [-0.15, -0.1) is 13.2 Å². The molecular formula is C18H24F3N3O3. The number of piperazine rings is 1. The molecule has 1 aromatic carbocycles. The summed E-state index contributed by atoms with van der Waals surface area (Å²) in [5.41, 5.74) is 0.913. The maximum absolute atomic E-state index is 12.2. The van der Waals surface area contributed by atoms with Crippen molar-refractivity contribution in [2.75, 3.05) is 26.2 Å². The smallest absolute Gasteiger partial charge is 0.444 e. The van der Waals surface area contributed by atoms with E-state index in [9.17, 15) is 18.0 Å². The van der Waals surface area contributed by atoms with E-state index in [2.05, 4.69) is 33.7 Å². The number of halogens is 3. The third kappa shape index (κ3) is 6.08. The van der Waals surface area contributed by atoms with Crippen LogP contribution in [0.4, 0.5) is 13.2 Å². The van der Waals surface area contributed by atoms with Crippen LogP contribution in [0.5, 0.6) is 5.75 Å². The molecule has 0 radical (unpaired) electrons. The minimum Gasteiger partial charge on any atom is -0.444 e. The lowest BCUT2D eigenvalue weighted by Gasteiger charge is -2.44. The van der Waals surface area contributed by atoms with E-state index in [-0.39, 0.29) is 36.6 Å². The normalized spacial score (nSPS) is 26.6. The van der Waals surface area contributed by atoms with Gasteiger partial charge in [-0.25, -0.2) is 0 Å². The molecule has 6 nitrogen and oxygen atoms in total. The standard InChI is InChI=1S/C18H24F3N3O3/c1-12-8-23(11-17(25)26-16-7-22-16)9-13(2)24(12)10-14-3-5-15(6-4-14)27-18(19,20)21/h3-6,12-13,16,22H,7-11H2,1-2H3/t12-,13+,16?. The van der Waals surface area contributed by atoms with Crippen molar-refractivity contribution in [2.45, 2.75) is 45.1 Å². The summed E-state index contributed by atoms with van der Waals surface area (Å²) in [4.78, 5) is 16.2. The number of ether oxygens (including phenoxy) is 2. The van der Waals surface area contributed by atoms with Gasteiger partial charge >= 0.3 is 12.3 Å². The van der Waals surface area contributed by atoms with Gasteiger partial charge in [-0.1, -0.05) is 12.1 Å². The predicted molar refractivity (Wildman–Crippen MR) is 91.9 cm³/mol. The predicted octanol–water partition coefficient (Wildman–Crippen LogP) is 1.95. The van der Waals surface area contributed by atoms with Crippen LogP contribution in [-0.4, -0.2) is 66.6 Å². The molecule has 1 aromatic rings. The second-order valence-electron chi connectivity index (χ2n) is 7.14. The molecule has 3 atom stereocenters. The van der Waals surface area contributed by atoms with Gasteiger partial charge in [-0.05, 0) is 31.5 Å². The van der Waals surface area contributed by atoms with E-state index in [0.29, 0.717) is 6.54 Å². The average molecular weight is 387 g/mol. The van der Waals surface area contributed by atoms with Crippen molar-refractivity contribution in [3.05, 3.63) is 29.8 Å². The zero-order valence-electron chi connectivity index (χ0n) is 15.3. The highest BCUT2D eigenvalue weighted by molar-refractivity contribution is 5.72. The number of rotatable bonds is 6. The van der Waals surface area contributed by atoms with Crippen molar-refractivity contribution >= 4 is 5.97 Å². The van der Waals surface area contributed by atoms with Gasteiger partial charge in [0.25, 0.3) is 0 Å². The molecule has 150 valence electrons. The molecule has 2 aliphatic heterocycles. The lowest BCUT2D eigenvalue weighted by Crippen LogP contribution is -2.57. The van der Waals surface area contributed by atoms with Crippen LogP contribution >= 0.6 is 0 Å². The highest BCUT2D eigenvalue weighted by Crippen LogP contribution is 2.24. The van der Waals surface area contributed by atoms with E-state index in [4.69, 9.17) is 4.74 Å². The number of nitrogens with one attached hydrogen (secondary N) is 1. The van der Waals surface area contributed by atoms with Crippen LogP contribution in [0.25, 0.3) is 0 Å². The van der Waals surface area contributed by atoms with Gasteiger partial charge in [0.15, 0.2) is 6.23 Å². The minimum atomic E-state index is -4.68. The van der Waals surface area contributed by atoms with Crippen LogP contribution in [0.2, 0.25) is 0 Å². The molecule has 1 unspecified atom stereocenters. The Balaban J connectivity index is 1.52. The molecule has 0 aliphatic carbocycles. The van der Waals surface area contributed by atoms with Gasteiger partial charge in [0.05, 0.1) is 6.54 Å². The summed E-state index contributed by atoms with van der Waals surface area (Å²) in [6.07, 6.45) is -4.81. The van der Waals surface area contributed by atoms with Crippen molar-refractivity contribution in [3.63, 3.8) is 0 Å². The van der Waals surface area contributed by atoms with Crippen molar-refractivity contribution in [1.29, 1.82) is 0 Å². The first kappa shape index (κ1) is 19.9. The molecule has 2 saturated heterocycles. The van der Waals surface area contributed by atoms with Crippen LogP contribution in [-0.2, 0) is 16.1 Å². The Bertz CT molecular complexity index is 637. The molecular weight excluding hydrogens is 363 g/mol. The van der Waals surface area contributed by atoms with Gasteiger partial charge in [-0.2, -0.15) is 0 Å². The summed E-state index contributed by atoms with van der Waals surface area (Å²) in [6, 6.07) is 6.35. The Morgan fingerprint density at radius 1 is 1.19 bits per heavy atom. The van der Waals surface area contributed by atoms with E-state index in [1.165, 1.54) is 12.1 Å². The summed E-state index contributed by atoms with van der Waals surface area (Å²) < 4.78 is 45.8. The number of alkyl halides is 3. The largest absolute Gasteiger partial charge is 0.573 e. The topological polar surface area (TPSA) is 64.0 Å². The Kier molecular flexibility index (Phi) is 5.92. The van der Waals surface area contributed by atoms with E-state index in [1.54, 1.807) is 12.1 Å². The fourth-order valence-electron chi connectivity index (χ4n) is 3.42. The maximum Gasteiger partial charge on any atom is 0.573 e. The zero-order chi connectivity index (χ0) is 19.6. The molecule has 0 amide bonds. The molecule has 0 saturated carbocycles. The number of hydrogen-bond donors (Lipinski definition) is 1. The second-order valence-corrected chi connectivity index (χ2v) is 7.14. The van der Waals surface area contributed by atoms with Crippen LogP contribution in [0.1, 0.15) is 19.4 Å². The summed E-state index contributed by atoms with van der Waals surface area (Å²) in [7, 11) is 0. The maximum atomic E-state index is 12.2. The second kappa shape index (κ2) is 8.04. The molecule has 0 spiro atoms. The molecule has 27 heavy (non-hydrogen) atoms. The fraction of sp³-hybridized carbons (Fsp3) is 0.611. The molecule has 2 fully saturated rings. The average Bonchev–Trinajstić information content (AvgIpc) is 3.35. The van der Waals surface area contributed by atoms with Gasteiger partial charge in [0.2, 0.25) is 0 Å². The van der Waals surface area contributed by atoms with Crippen LogP contribution in [0.3, 0.4) is 0 Å². The minimum absolute atomic E-state index is 0.127. The van der Waals surface area contributed by atoms with E-state index in [1.807, 2.05) is 0 Å². The molecule has 3 rings (SSSR count). The van der Waals surface area contributed by atoms with Crippen LogP contribution < -0.4 is 10.1 Å². The first-order valence-corrected chi connectivity index (χ1v) is 8.95. The Morgan fingerprint density at radius 2 is 1.78 bits per heavy atom. The number of esters is 1. The first-order chi connectivity index (χ1) is 12.7. The number of nitrogens with zero attached hydrogens (tertiary/aromatic N) is 2. The van der Waals surface area contributed by atoms with E-state index in [0.717, 1.165) is 25.2 Å². The molecule has 2 aliphatic rings. The third-order valence-corrected chi connectivity index (χ3v) is 4.70. The summed E-state index contributed by atoms with van der Waals surface area (Å²) >= 11 is 0. The van der Waals surface area contributed by atoms with Gasteiger partial charge < -0.3 is 9.47 Å². The van der Waals surface area contributed by atoms with Gasteiger partial charge in [-0.3, -0.25) is 19.9 Å². The number of benzene rings is 1. The highest BCUT2D eigenvalue weighted by Gasteiger charge is 2.33. The Morgan fingerprint density at radius 3 is 2.30 bits per heavy atom. The third-order valence-electron chi connectivity index (χ3n) is 4.70. The number of hydrogen-bond acceptors (Lipinski definition) is 6. The van der Waals surface area contributed by atoms with Crippen LogP contribution in [0.15, 0.2) is 24.3 Å². The van der Waals surface area contributed by atoms with Crippen molar-refractivity contribution in [2.24, 2.45) is 0 Å². The first-order valence-electron chi connectivity index (χ1n) is 8.95. The fourth-order valence-corrected chi connectivity index (χ4v) is 3.42. The lowest BCUT2D eigenvalue weighted by atomic mass is 10.1. The zero-order valence-corrected chi connectivity index (χ0v) is 15.3. The van der Waals surface area contributed by atoms with Crippen molar-refractivity contribution in [3.8, 4) is 5.75 Å². The Hall–Kier alpha value is -1.84. The monoisotopic (exact) mass is 387 g/mol. The van der Waals surface area contributed by atoms with Gasteiger partial charge in [0, 0.05) is 38.3 Å².